The predicted molar refractivity (Wildman–Crippen MR) is 113 cm³/mol. The van der Waals surface area contributed by atoms with Gasteiger partial charge >= 0.3 is 0 Å². The molecular formula is C22H34N2O2S. The Hall–Kier alpha value is -1.49. The molecule has 1 aromatic rings. The highest BCUT2D eigenvalue weighted by atomic mass is 32.2. The molecule has 1 aromatic carbocycles. The van der Waals surface area contributed by atoms with E-state index in [9.17, 15) is 9.59 Å². The number of carbonyl (C=O) groups is 2. The number of amides is 2. The average molecular weight is 391 g/mol. The van der Waals surface area contributed by atoms with E-state index in [2.05, 4.69) is 19.2 Å². The van der Waals surface area contributed by atoms with Crippen LogP contribution in [0, 0.1) is 5.92 Å². The van der Waals surface area contributed by atoms with Crippen LogP contribution in [0.15, 0.2) is 29.2 Å². The summed E-state index contributed by atoms with van der Waals surface area (Å²) in [6, 6.07) is 7.91. The van der Waals surface area contributed by atoms with E-state index in [4.69, 9.17) is 0 Å². The van der Waals surface area contributed by atoms with Gasteiger partial charge in [0.05, 0.1) is 11.3 Å². The maximum absolute atomic E-state index is 12.7. The van der Waals surface area contributed by atoms with E-state index in [1.54, 1.807) is 4.90 Å². The summed E-state index contributed by atoms with van der Waals surface area (Å²) in [7, 11) is 1.84. The maximum Gasteiger partial charge on any atom is 0.254 e. The first-order valence-electron chi connectivity index (χ1n) is 10.2. The number of nitrogens with one attached hydrogen (secondary N) is 1. The zero-order valence-electron chi connectivity index (χ0n) is 17.0. The van der Waals surface area contributed by atoms with Gasteiger partial charge in [0.2, 0.25) is 5.91 Å². The zero-order chi connectivity index (χ0) is 19.6. The molecule has 1 N–H and O–H groups in total. The number of thioether (sulfide) groups is 1. The van der Waals surface area contributed by atoms with Gasteiger partial charge in [0, 0.05) is 24.5 Å². The smallest absolute Gasteiger partial charge is 0.254 e. The van der Waals surface area contributed by atoms with Crippen LogP contribution in [0.2, 0.25) is 0 Å². The molecule has 0 unspecified atom stereocenters. The lowest BCUT2D eigenvalue weighted by molar-refractivity contribution is -0.119. The maximum atomic E-state index is 12.7. The van der Waals surface area contributed by atoms with Crippen LogP contribution in [0.25, 0.3) is 0 Å². The number of hydrogen-bond acceptors (Lipinski definition) is 3. The van der Waals surface area contributed by atoms with Crippen LogP contribution in [-0.4, -0.2) is 42.1 Å². The second-order valence-electron chi connectivity index (χ2n) is 7.97. The summed E-state index contributed by atoms with van der Waals surface area (Å²) in [5.41, 5.74) is 0.685. The van der Waals surface area contributed by atoms with E-state index in [-0.39, 0.29) is 11.8 Å². The van der Waals surface area contributed by atoms with Gasteiger partial charge in [-0.1, -0.05) is 58.1 Å². The predicted octanol–water partition coefficient (Wildman–Crippen LogP) is 4.74. The van der Waals surface area contributed by atoms with E-state index < -0.39 is 0 Å². The van der Waals surface area contributed by atoms with Crippen LogP contribution in [0.5, 0.6) is 0 Å². The van der Waals surface area contributed by atoms with Gasteiger partial charge < -0.3 is 10.2 Å². The van der Waals surface area contributed by atoms with E-state index >= 15 is 0 Å². The third-order valence-corrected chi connectivity index (χ3v) is 6.01. The molecule has 1 fully saturated rings. The molecule has 5 heteroatoms. The summed E-state index contributed by atoms with van der Waals surface area (Å²) in [6.45, 7) is 4.93. The lowest BCUT2D eigenvalue weighted by Crippen LogP contribution is -2.36. The Bertz CT molecular complexity index is 610. The van der Waals surface area contributed by atoms with Crippen molar-refractivity contribution in [3.05, 3.63) is 29.8 Å². The molecule has 0 saturated heterocycles. The van der Waals surface area contributed by atoms with E-state index in [0.29, 0.717) is 23.3 Å². The first-order chi connectivity index (χ1) is 13.0. The Balaban J connectivity index is 1.91. The van der Waals surface area contributed by atoms with Gasteiger partial charge in [0.15, 0.2) is 0 Å². The van der Waals surface area contributed by atoms with Crippen molar-refractivity contribution in [1.82, 2.24) is 10.2 Å². The minimum absolute atomic E-state index is 0.0206. The molecule has 0 aliphatic heterocycles. The van der Waals surface area contributed by atoms with Crippen LogP contribution < -0.4 is 5.32 Å². The van der Waals surface area contributed by atoms with Gasteiger partial charge in [-0.05, 0) is 30.9 Å². The summed E-state index contributed by atoms with van der Waals surface area (Å²) in [5, 5.41) is 3.20. The molecule has 1 aliphatic rings. The van der Waals surface area contributed by atoms with Crippen molar-refractivity contribution in [3.63, 3.8) is 0 Å². The summed E-state index contributed by atoms with van der Waals surface area (Å²) in [4.78, 5) is 27.8. The lowest BCUT2D eigenvalue weighted by Gasteiger charge is -2.22. The van der Waals surface area contributed by atoms with Crippen LogP contribution >= 0.6 is 11.8 Å². The second-order valence-corrected chi connectivity index (χ2v) is 8.99. The number of carbonyl (C=O) groups excluding carboxylic acids is 2. The van der Waals surface area contributed by atoms with Crippen LogP contribution in [-0.2, 0) is 4.79 Å². The summed E-state index contributed by atoms with van der Waals surface area (Å²) in [5.74, 6) is 0.873. The number of benzene rings is 1. The average Bonchev–Trinajstić information content (AvgIpc) is 2.61. The van der Waals surface area contributed by atoms with Crippen molar-refractivity contribution in [2.75, 3.05) is 19.3 Å². The molecule has 0 spiro atoms. The normalized spacial score (nSPS) is 15.9. The Morgan fingerprint density at radius 2 is 1.74 bits per heavy atom. The molecule has 4 nitrogen and oxygen atoms in total. The highest BCUT2D eigenvalue weighted by molar-refractivity contribution is 8.00. The van der Waals surface area contributed by atoms with Crippen LogP contribution in [0.4, 0.5) is 0 Å². The summed E-state index contributed by atoms with van der Waals surface area (Å²) in [6.07, 6.45) is 8.47. The van der Waals surface area contributed by atoms with Crippen LogP contribution in [0.3, 0.4) is 0 Å². The van der Waals surface area contributed by atoms with Crippen molar-refractivity contribution in [2.24, 2.45) is 5.92 Å². The SMILES string of the molecule is CC(C)CN(C)C(=O)c1ccccc1SCC(=O)NC1CCCCCCC1. The van der Waals surface area contributed by atoms with E-state index in [1.807, 2.05) is 31.3 Å². The first kappa shape index (κ1) is 21.8. The highest BCUT2D eigenvalue weighted by Crippen LogP contribution is 2.24. The Morgan fingerprint density at radius 3 is 2.41 bits per heavy atom. The number of nitrogens with zero attached hydrogens (tertiary/aromatic N) is 1. The lowest BCUT2D eigenvalue weighted by atomic mass is 9.97. The number of rotatable bonds is 7. The molecule has 27 heavy (non-hydrogen) atoms. The van der Waals surface area contributed by atoms with Crippen molar-refractivity contribution in [1.29, 1.82) is 0 Å². The van der Waals surface area contributed by atoms with Gasteiger partial charge in [0.1, 0.15) is 0 Å². The molecule has 150 valence electrons. The van der Waals surface area contributed by atoms with Gasteiger partial charge in [-0.2, -0.15) is 0 Å². The fourth-order valence-electron chi connectivity index (χ4n) is 3.62. The number of hydrogen-bond donors (Lipinski definition) is 1. The Kier molecular flexibility index (Phi) is 9.19. The molecule has 0 heterocycles. The quantitative estimate of drug-likeness (QED) is 0.684. The molecule has 1 saturated carbocycles. The first-order valence-corrected chi connectivity index (χ1v) is 11.2. The van der Waals surface area contributed by atoms with Crippen LogP contribution in [0.1, 0.15) is 69.2 Å². The third kappa shape index (κ3) is 7.57. The topological polar surface area (TPSA) is 49.4 Å². The van der Waals surface area contributed by atoms with Gasteiger partial charge in [0.25, 0.3) is 5.91 Å². The van der Waals surface area contributed by atoms with E-state index in [0.717, 1.165) is 24.3 Å². The molecule has 0 aromatic heterocycles. The Labute approximate surface area is 168 Å². The minimum Gasteiger partial charge on any atom is -0.353 e. The largest absolute Gasteiger partial charge is 0.353 e. The third-order valence-electron chi connectivity index (χ3n) is 4.93. The van der Waals surface area contributed by atoms with E-state index in [1.165, 1.54) is 43.9 Å². The minimum atomic E-state index is 0.0206. The molecule has 0 bridgehead atoms. The van der Waals surface area contributed by atoms with Crippen molar-refractivity contribution >= 4 is 23.6 Å². The molecule has 1 aliphatic carbocycles. The molecular weight excluding hydrogens is 356 g/mol. The second kappa shape index (κ2) is 11.4. The monoisotopic (exact) mass is 390 g/mol. The zero-order valence-corrected chi connectivity index (χ0v) is 17.8. The van der Waals surface area contributed by atoms with Gasteiger partial charge in [-0.15, -0.1) is 11.8 Å². The molecule has 2 rings (SSSR count). The Morgan fingerprint density at radius 1 is 1.11 bits per heavy atom. The van der Waals surface area contributed by atoms with Crippen molar-refractivity contribution < 1.29 is 9.59 Å². The fraction of sp³-hybridized carbons (Fsp3) is 0.636. The van der Waals surface area contributed by atoms with Gasteiger partial charge in [-0.25, -0.2) is 0 Å². The molecule has 0 atom stereocenters. The molecule has 2 amide bonds. The summed E-state index contributed by atoms with van der Waals surface area (Å²) >= 11 is 1.46. The van der Waals surface area contributed by atoms with Crippen molar-refractivity contribution in [2.45, 2.75) is 69.7 Å². The standard InChI is InChI=1S/C22H34N2O2S/c1-17(2)15-24(3)22(26)19-13-9-10-14-20(19)27-16-21(25)23-18-11-7-5-4-6-8-12-18/h9-10,13-14,17-18H,4-8,11-12,15-16H2,1-3H3,(H,23,25). The fourth-order valence-corrected chi connectivity index (χ4v) is 4.47. The highest BCUT2D eigenvalue weighted by Gasteiger charge is 2.18. The summed E-state index contributed by atoms with van der Waals surface area (Å²) < 4.78 is 0. The van der Waals surface area contributed by atoms with Crippen molar-refractivity contribution in [3.8, 4) is 0 Å². The van der Waals surface area contributed by atoms with Gasteiger partial charge in [-0.3, -0.25) is 9.59 Å². The molecule has 0 radical (unpaired) electrons.